The summed E-state index contributed by atoms with van der Waals surface area (Å²) in [5.41, 5.74) is 6.53. The van der Waals surface area contributed by atoms with E-state index in [1.807, 2.05) is 12.3 Å². The molecule has 1 aromatic heterocycles. The fourth-order valence-corrected chi connectivity index (χ4v) is 2.51. The number of nitrogen functional groups attached to an aromatic ring is 1. The number of thioether (sulfide) groups is 1. The topological polar surface area (TPSA) is 78.9 Å². The number of hydrogen-bond donors (Lipinski definition) is 2. The Hall–Kier alpha value is -1.19. The number of carbonyl (C=O) groups is 1. The van der Waals surface area contributed by atoms with Crippen LogP contribution in [-0.4, -0.2) is 12.7 Å². The maximum atomic E-state index is 10.2. The monoisotopic (exact) mass is 213 g/mol. The van der Waals surface area contributed by atoms with Crippen molar-refractivity contribution in [1.82, 2.24) is 0 Å². The molecule has 4 nitrogen and oxygen atoms in total. The molecule has 0 fully saturated rings. The van der Waals surface area contributed by atoms with Crippen molar-refractivity contribution < 1.29 is 4.79 Å². The molecule has 0 aliphatic rings. The van der Waals surface area contributed by atoms with E-state index in [-0.39, 0.29) is 0 Å². The Balaban J connectivity index is 3.21. The molecule has 1 amide bonds. The van der Waals surface area contributed by atoms with Gasteiger partial charge in [-0.1, -0.05) is 0 Å². The van der Waals surface area contributed by atoms with Gasteiger partial charge >= 0.3 is 0 Å². The lowest BCUT2D eigenvalue weighted by molar-refractivity contribution is -0.105. The van der Waals surface area contributed by atoms with Crippen molar-refractivity contribution in [2.45, 2.75) is 4.21 Å². The van der Waals surface area contributed by atoms with Crippen LogP contribution in [0.4, 0.5) is 11.4 Å². The molecule has 3 N–H and O–H groups in total. The van der Waals surface area contributed by atoms with Crippen LogP contribution < -0.4 is 11.1 Å². The van der Waals surface area contributed by atoms with E-state index in [1.54, 1.807) is 0 Å². The highest BCUT2D eigenvalue weighted by Crippen LogP contribution is 2.40. The van der Waals surface area contributed by atoms with Gasteiger partial charge in [0.25, 0.3) is 0 Å². The third-order valence-electron chi connectivity index (χ3n) is 1.40. The third kappa shape index (κ3) is 1.76. The van der Waals surface area contributed by atoms with Crippen LogP contribution in [0.25, 0.3) is 0 Å². The Morgan fingerprint density at radius 2 is 2.46 bits per heavy atom. The highest BCUT2D eigenvalue weighted by atomic mass is 32.2. The molecule has 0 unspecified atom stereocenters. The number of rotatable bonds is 3. The average Bonchev–Trinajstić information content (AvgIpc) is 2.45. The molecule has 0 aliphatic carbocycles. The smallest absolute Gasteiger partial charge is 0.211 e. The summed E-state index contributed by atoms with van der Waals surface area (Å²) >= 11 is 2.73. The van der Waals surface area contributed by atoms with Crippen molar-refractivity contribution >= 4 is 40.9 Å². The maximum Gasteiger partial charge on any atom is 0.211 e. The Morgan fingerprint density at radius 1 is 1.77 bits per heavy atom. The Kier molecular flexibility index (Phi) is 3.17. The number of carbonyl (C=O) groups excluding carboxylic acids is 1. The molecular weight excluding hydrogens is 206 g/mol. The van der Waals surface area contributed by atoms with Crippen molar-refractivity contribution in [3.05, 3.63) is 4.88 Å². The highest BCUT2D eigenvalue weighted by molar-refractivity contribution is 8.00. The van der Waals surface area contributed by atoms with Gasteiger partial charge in [0.05, 0.1) is 15.6 Å². The first kappa shape index (κ1) is 9.89. The summed E-state index contributed by atoms with van der Waals surface area (Å²) in [6.07, 6.45) is 2.42. The number of anilines is 2. The fourth-order valence-electron chi connectivity index (χ4n) is 0.845. The lowest BCUT2D eigenvalue weighted by Gasteiger charge is -1.98. The van der Waals surface area contributed by atoms with Crippen LogP contribution in [0.1, 0.15) is 4.88 Å². The SMILES string of the molecule is CSc1sc(C#N)c(N)c1NC=O. The lowest BCUT2D eigenvalue weighted by Crippen LogP contribution is -1.97. The van der Waals surface area contributed by atoms with E-state index in [2.05, 4.69) is 5.32 Å². The second-order valence-electron chi connectivity index (χ2n) is 2.09. The quantitative estimate of drug-likeness (QED) is 0.589. The molecule has 0 aliphatic heterocycles. The van der Waals surface area contributed by atoms with E-state index >= 15 is 0 Å². The van der Waals surface area contributed by atoms with Gasteiger partial charge < -0.3 is 11.1 Å². The molecule has 68 valence electrons. The highest BCUT2D eigenvalue weighted by Gasteiger charge is 2.14. The molecular formula is C7H7N3OS2. The molecule has 6 heteroatoms. The summed E-state index contributed by atoms with van der Waals surface area (Å²) in [5, 5.41) is 11.2. The molecule has 13 heavy (non-hydrogen) atoms. The molecule has 0 aromatic carbocycles. The zero-order valence-electron chi connectivity index (χ0n) is 6.83. The number of hydrogen-bond acceptors (Lipinski definition) is 5. The van der Waals surface area contributed by atoms with E-state index in [0.717, 1.165) is 4.21 Å². The Bertz CT molecular complexity index is 367. The Morgan fingerprint density at radius 3 is 2.92 bits per heavy atom. The normalized spacial score (nSPS) is 9.23. The maximum absolute atomic E-state index is 10.2. The van der Waals surface area contributed by atoms with Crippen LogP contribution in [-0.2, 0) is 4.79 Å². The standard InChI is InChI=1S/C7H7N3OS2/c1-12-7-6(10-3-11)5(9)4(2-8)13-7/h3H,9H2,1H3,(H,10,11). The molecule has 0 bridgehead atoms. The van der Waals surface area contributed by atoms with Crippen LogP contribution in [0, 0.1) is 11.3 Å². The van der Waals surface area contributed by atoms with Gasteiger partial charge in [0.15, 0.2) is 0 Å². The number of nitrogens with two attached hydrogens (primary N) is 1. The van der Waals surface area contributed by atoms with Crippen LogP contribution in [0.2, 0.25) is 0 Å². The number of amides is 1. The number of thiophene rings is 1. The Labute approximate surface area is 83.7 Å². The zero-order valence-corrected chi connectivity index (χ0v) is 8.46. The molecule has 0 spiro atoms. The summed E-state index contributed by atoms with van der Waals surface area (Å²) in [5.74, 6) is 0. The van der Waals surface area contributed by atoms with E-state index < -0.39 is 0 Å². The van der Waals surface area contributed by atoms with Crippen molar-refractivity contribution in [1.29, 1.82) is 5.26 Å². The minimum Gasteiger partial charge on any atom is -0.395 e. The van der Waals surface area contributed by atoms with E-state index in [4.69, 9.17) is 11.0 Å². The van der Waals surface area contributed by atoms with E-state index in [9.17, 15) is 4.79 Å². The molecule has 0 saturated carbocycles. The van der Waals surface area contributed by atoms with Gasteiger partial charge in [-0.15, -0.1) is 23.1 Å². The van der Waals surface area contributed by atoms with Crippen LogP contribution in [0.15, 0.2) is 4.21 Å². The predicted molar refractivity (Wildman–Crippen MR) is 54.9 cm³/mol. The van der Waals surface area contributed by atoms with Gasteiger partial charge in [-0.25, -0.2) is 0 Å². The van der Waals surface area contributed by atoms with Crippen LogP contribution >= 0.6 is 23.1 Å². The van der Waals surface area contributed by atoms with Gasteiger partial charge in [-0.2, -0.15) is 5.26 Å². The van der Waals surface area contributed by atoms with Crippen molar-refractivity contribution in [3.8, 4) is 6.07 Å². The van der Waals surface area contributed by atoms with Crippen LogP contribution in [0.3, 0.4) is 0 Å². The predicted octanol–water partition coefficient (Wildman–Crippen LogP) is 1.49. The fraction of sp³-hybridized carbons (Fsp3) is 0.143. The van der Waals surface area contributed by atoms with E-state index in [1.165, 1.54) is 23.1 Å². The zero-order chi connectivity index (χ0) is 9.84. The molecule has 0 saturated heterocycles. The van der Waals surface area contributed by atoms with Crippen molar-refractivity contribution in [2.75, 3.05) is 17.3 Å². The molecule has 1 heterocycles. The summed E-state index contributed by atoms with van der Waals surface area (Å²) < 4.78 is 0.848. The molecule has 0 atom stereocenters. The molecule has 1 aromatic rings. The minimum absolute atomic E-state index is 0.351. The lowest BCUT2D eigenvalue weighted by atomic mass is 10.4. The summed E-state index contributed by atoms with van der Waals surface area (Å²) in [7, 11) is 0. The van der Waals surface area contributed by atoms with Crippen LogP contribution in [0.5, 0.6) is 0 Å². The molecule has 0 radical (unpaired) electrons. The van der Waals surface area contributed by atoms with E-state index in [0.29, 0.717) is 22.7 Å². The first-order valence-corrected chi connectivity index (χ1v) is 5.35. The largest absolute Gasteiger partial charge is 0.395 e. The minimum atomic E-state index is 0.351. The number of nitrogens with zero attached hydrogens (tertiary/aromatic N) is 1. The average molecular weight is 213 g/mol. The van der Waals surface area contributed by atoms with Gasteiger partial charge in [0.1, 0.15) is 10.9 Å². The van der Waals surface area contributed by atoms with Gasteiger partial charge in [-0.3, -0.25) is 4.79 Å². The summed E-state index contributed by atoms with van der Waals surface area (Å²) in [4.78, 5) is 10.7. The third-order valence-corrected chi connectivity index (χ3v) is 3.63. The summed E-state index contributed by atoms with van der Waals surface area (Å²) in [6.45, 7) is 0. The molecule has 1 rings (SSSR count). The van der Waals surface area contributed by atoms with Gasteiger partial charge in [-0.05, 0) is 6.26 Å². The first-order chi connectivity index (χ1) is 6.24. The van der Waals surface area contributed by atoms with Crippen molar-refractivity contribution in [2.24, 2.45) is 0 Å². The first-order valence-electron chi connectivity index (χ1n) is 3.31. The second-order valence-corrected chi connectivity index (χ2v) is 4.18. The van der Waals surface area contributed by atoms with Gasteiger partial charge in [0, 0.05) is 0 Å². The number of nitrogens with one attached hydrogen (secondary N) is 1. The number of nitriles is 1. The van der Waals surface area contributed by atoms with Gasteiger partial charge in [0.2, 0.25) is 6.41 Å². The summed E-state index contributed by atoms with van der Waals surface area (Å²) in [6, 6.07) is 1.97. The second kappa shape index (κ2) is 4.16. The van der Waals surface area contributed by atoms with Crippen molar-refractivity contribution in [3.63, 3.8) is 0 Å².